The highest BCUT2D eigenvalue weighted by Gasteiger charge is 2.56. The van der Waals surface area contributed by atoms with Gasteiger partial charge in [-0.05, 0) is 74.4 Å². The average Bonchev–Trinajstić information content (AvgIpc) is 3.16. The van der Waals surface area contributed by atoms with Gasteiger partial charge in [-0.2, -0.15) is 22.0 Å². The zero-order valence-corrected chi connectivity index (χ0v) is 23.4. The molecule has 2 N–H and O–H groups in total. The Bertz CT molecular complexity index is 1090. The van der Waals surface area contributed by atoms with Crippen LogP contribution in [0.25, 0.3) is 6.08 Å². The maximum atomic E-state index is 12.9. The minimum atomic E-state index is -5.50. The van der Waals surface area contributed by atoms with Gasteiger partial charge in [0.15, 0.2) is 0 Å². The number of unbranched alkanes of at least 4 members (excludes halogenated alkanes) is 4. The highest BCUT2D eigenvalue weighted by Crippen LogP contribution is 2.39. The molecule has 1 fully saturated rings. The highest BCUT2D eigenvalue weighted by atomic mass is 32.2. The predicted octanol–water partition coefficient (Wildman–Crippen LogP) is 6.27. The fourth-order valence-electron chi connectivity index (χ4n) is 4.98. The van der Waals surface area contributed by atoms with Crippen molar-refractivity contribution in [2.24, 2.45) is 4.99 Å². The van der Waals surface area contributed by atoms with Crippen LogP contribution in [0.2, 0.25) is 0 Å². The molecule has 39 heavy (non-hydrogen) atoms. The van der Waals surface area contributed by atoms with E-state index in [1.165, 1.54) is 0 Å². The van der Waals surface area contributed by atoms with E-state index >= 15 is 0 Å². The van der Waals surface area contributed by atoms with Gasteiger partial charge in [-0.15, -0.1) is 0 Å². The van der Waals surface area contributed by atoms with Crippen LogP contribution in [-0.4, -0.2) is 58.0 Å². The fraction of sp³-hybridized carbons (Fsp3) is 0.630. The van der Waals surface area contributed by atoms with Crippen LogP contribution in [0.4, 0.5) is 27.6 Å². The van der Waals surface area contributed by atoms with Gasteiger partial charge in [-0.1, -0.05) is 19.3 Å². The molecular formula is C27H37F5N4O2S. The van der Waals surface area contributed by atoms with E-state index in [0.29, 0.717) is 57.5 Å². The van der Waals surface area contributed by atoms with Crippen LogP contribution < -0.4 is 10.6 Å². The van der Waals surface area contributed by atoms with E-state index in [2.05, 4.69) is 15.6 Å². The van der Waals surface area contributed by atoms with Crippen molar-refractivity contribution < 1.29 is 31.0 Å². The molecule has 12 heteroatoms. The number of carbonyl (C=O) groups excluding carboxylic acids is 1. The molecule has 0 saturated carbocycles. The van der Waals surface area contributed by atoms with Gasteiger partial charge >= 0.3 is 12.1 Å². The van der Waals surface area contributed by atoms with Crippen molar-refractivity contribution >= 4 is 34.5 Å². The van der Waals surface area contributed by atoms with Crippen LogP contribution in [0.3, 0.4) is 0 Å². The summed E-state index contributed by atoms with van der Waals surface area (Å²) in [6, 6.07) is 4.07. The van der Waals surface area contributed by atoms with E-state index in [-0.39, 0.29) is 18.7 Å². The number of hydrogen-bond donors (Lipinski definition) is 2. The summed E-state index contributed by atoms with van der Waals surface area (Å²) in [7, 11) is 0.524. The molecule has 0 radical (unpaired) electrons. The van der Waals surface area contributed by atoms with Crippen LogP contribution in [0, 0.1) is 13.8 Å². The molecule has 3 rings (SSSR count). The summed E-state index contributed by atoms with van der Waals surface area (Å²) >= 11 is 0. The number of aliphatic imine (C=N–C) groups is 1. The molecule has 1 saturated heterocycles. The number of rotatable bonds is 12. The predicted molar refractivity (Wildman–Crippen MR) is 145 cm³/mol. The monoisotopic (exact) mass is 576 g/mol. The van der Waals surface area contributed by atoms with Crippen LogP contribution >= 0.6 is 0 Å². The Morgan fingerprint density at radius 3 is 2.23 bits per heavy atom. The van der Waals surface area contributed by atoms with Crippen molar-refractivity contribution in [2.75, 3.05) is 25.5 Å². The molecule has 0 aromatic heterocycles. The van der Waals surface area contributed by atoms with Gasteiger partial charge < -0.3 is 10.6 Å². The van der Waals surface area contributed by atoms with Crippen molar-refractivity contribution in [3.63, 3.8) is 0 Å². The molecule has 0 bridgehead atoms. The third-order valence-electron chi connectivity index (χ3n) is 7.39. The van der Waals surface area contributed by atoms with Crippen LogP contribution in [-0.2, 0) is 15.8 Å². The Morgan fingerprint density at radius 1 is 1.05 bits per heavy atom. The fourth-order valence-corrected chi connectivity index (χ4v) is 5.95. The number of nitrogens with one attached hydrogen (secondary N) is 2. The van der Waals surface area contributed by atoms with E-state index in [9.17, 15) is 31.0 Å². The van der Waals surface area contributed by atoms with Crippen molar-refractivity contribution in [2.45, 2.75) is 89.3 Å². The average molecular weight is 577 g/mol. The number of amides is 1. The van der Waals surface area contributed by atoms with Gasteiger partial charge in [0.25, 0.3) is 5.91 Å². The molecule has 1 spiro atoms. The third-order valence-corrected chi connectivity index (χ3v) is 8.63. The minimum absolute atomic E-state index is 0.163. The van der Waals surface area contributed by atoms with Crippen molar-refractivity contribution in [3.8, 4) is 0 Å². The number of benzene rings is 1. The van der Waals surface area contributed by atoms with E-state index in [1.807, 2.05) is 43.4 Å². The molecule has 1 amide bonds. The summed E-state index contributed by atoms with van der Waals surface area (Å²) in [5.74, 6) is -4.22. The number of alkyl halides is 5. The van der Waals surface area contributed by atoms with Crippen molar-refractivity contribution in [3.05, 3.63) is 34.2 Å². The molecule has 1 atom stereocenters. The van der Waals surface area contributed by atoms with Crippen LogP contribution in [0.15, 0.2) is 22.5 Å². The SMILES string of the molecule is CNc1cc(C)c(/C=C/S(=O)N2CCC3(CC2)N=C(CCCCCCCC(F)(F)C(F)(F)F)NC3=O)c(C)c1. The Kier molecular flexibility index (Phi) is 10.3. The number of amidine groups is 1. The lowest BCUT2D eigenvalue weighted by atomic mass is 9.89. The first-order valence-corrected chi connectivity index (χ1v) is 14.4. The summed E-state index contributed by atoms with van der Waals surface area (Å²) in [6.45, 7) is 4.94. The first kappa shape index (κ1) is 31.2. The van der Waals surface area contributed by atoms with E-state index in [0.717, 1.165) is 22.4 Å². The van der Waals surface area contributed by atoms with Crippen molar-refractivity contribution in [1.82, 2.24) is 9.62 Å². The number of carbonyl (C=O) groups is 1. The molecule has 2 aliphatic rings. The molecule has 1 aromatic carbocycles. The standard InChI is InChI=1S/C27H37F5N4O2S/c1-19-17-21(33-3)18-20(2)22(19)10-16-39(38)36-14-12-25(13-15-36)24(37)34-23(35-25)9-7-5-4-6-8-11-26(28,29)27(30,31)32/h10,16-18,33H,4-9,11-15H2,1-3H3,(H,34,35,37)/b16-10+. The summed E-state index contributed by atoms with van der Waals surface area (Å²) in [6.07, 6.45) is -1.47. The lowest BCUT2D eigenvalue weighted by molar-refractivity contribution is -0.284. The first-order valence-electron chi connectivity index (χ1n) is 13.3. The molecule has 6 nitrogen and oxygen atoms in total. The summed E-state index contributed by atoms with van der Waals surface area (Å²) in [5, 5.41) is 7.64. The quantitative estimate of drug-likeness (QED) is 0.228. The van der Waals surface area contributed by atoms with Crippen molar-refractivity contribution in [1.29, 1.82) is 0 Å². The van der Waals surface area contributed by atoms with Gasteiger partial charge in [0.1, 0.15) is 22.4 Å². The summed E-state index contributed by atoms with van der Waals surface area (Å²) in [5.41, 5.74) is 3.35. The second kappa shape index (κ2) is 12.9. The first-order chi connectivity index (χ1) is 18.3. The molecule has 2 aliphatic heterocycles. The highest BCUT2D eigenvalue weighted by molar-refractivity contribution is 7.85. The second-order valence-electron chi connectivity index (χ2n) is 10.3. The number of halogens is 5. The van der Waals surface area contributed by atoms with E-state index < -0.39 is 35.0 Å². The van der Waals surface area contributed by atoms with Crippen LogP contribution in [0.5, 0.6) is 0 Å². The van der Waals surface area contributed by atoms with Gasteiger partial charge in [0, 0.05) is 44.1 Å². The lowest BCUT2D eigenvalue weighted by Gasteiger charge is -2.33. The zero-order chi connectivity index (χ0) is 28.8. The second-order valence-corrected chi connectivity index (χ2v) is 11.6. The number of anilines is 1. The normalized spacial score (nSPS) is 19.0. The Balaban J connectivity index is 1.43. The molecule has 1 unspecified atom stereocenters. The third kappa shape index (κ3) is 7.87. The number of aryl methyl sites for hydroxylation is 2. The largest absolute Gasteiger partial charge is 0.453 e. The maximum Gasteiger partial charge on any atom is 0.453 e. The number of hydrogen-bond acceptors (Lipinski definition) is 4. The number of piperidine rings is 1. The van der Waals surface area contributed by atoms with Crippen LogP contribution in [0.1, 0.15) is 74.5 Å². The van der Waals surface area contributed by atoms with Gasteiger partial charge in [0.05, 0.1) is 0 Å². The summed E-state index contributed by atoms with van der Waals surface area (Å²) in [4.78, 5) is 17.4. The maximum absolute atomic E-state index is 12.9. The number of nitrogens with zero attached hydrogens (tertiary/aromatic N) is 2. The Hall–Kier alpha value is -2.34. The molecular weight excluding hydrogens is 539 g/mol. The van der Waals surface area contributed by atoms with Gasteiger partial charge in [0.2, 0.25) is 0 Å². The molecule has 218 valence electrons. The Morgan fingerprint density at radius 2 is 1.64 bits per heavy atom. The summed E-state index contributed by atoms with van der Waals surface area (Å²) < 4.78 is 77.3. The van der Waals surface area contributed by atoms with E-state index in [4.69, 9.17) is 0 Å². The topological polar surface area (TPSA) is 73.8 Å². The molecule has 1 aromatic rings. The Labute approximate surface area is 229 Å². The van der Waals surface area contributed by atoms with Gasteiger partial charge in [-0.3, -0.25) is 9.79 Å². The van der Waals surface area contributed by atoms with Gasteiger partial charge in [-0.25, -0.2) is 8.51 Å². The zero-order valence-electron chi connectivity index (χ0n) is 22.6. The van der Waals surface area contributed by atoms with E-state index in [1.54, 1.807) is 5.41 Å². The molecule has 2 heterocycles. The smallest absolute Gasteiger partial charge is 0.388 e. The lowest BCUT2D eigenvalue weighted by Crippen LogP contribution is -2.49. The molecule has 0 aliphatic carbocycles. The minimum Gasteiger partial charge on any atom is -0.388 e.